The van der Waals surface area contributed by atoms with E-state index < -0.39 is 6.10 Å². The van der Waals surface area contributed by atoms with Gasteiger partial charge in [-0.2, -0.15) is 5.10 Å². The van der Waals surface area contributed by atoms with Gasteiger partial charge in [-0.05, 0) is 30.7 Å². The standard InChI is InChI=1S/C13H14BrFN2O/c1-2-17-8-10(7-16-17)13(18)6-9-5-11(14)3-4-12(9)15/h3-5,7-8,13,18H,2,6H2,1H3. The molecule has 1 aromatic carbocycles. The normalized spacial score (nSPS) is 12.7. The van der Waals surface area contributed by atoms with Gasteiger partial charge in [0.15, 0.2) is 0 Å². The van der Waals surface area contributed by atoms with Gasteiger partial charge in [-0.15, -0.1) is 0 Å². The quantitative estimate of drug-likeness (QED) is 0.942. The molecule has 0 aliphatic carbocycles. The number of halogens is 2. The van der Waals surface area contributed by atoms with E-state index in [1.165, 1.54) is 6.07 Å². The molecule has 1 unspecified atom stereocenters. The van der Waals surface area contributed by atoms with Crippen LogP contribution in [0.1, 0.15) is 24.2 Å². The van der Waals surface area contributed by atoms with E-state index in [9.17, 15) is 9.50 Å². The average molecular weight is 313 g/mol. The molecule has 1 aromatic heterocycles. The lowest BCUT2D eigenvalue weighted by Crippen LogP contribution is -2.03. The second kappa shape index (κ2) is 5.63. The summed E-state index contributed by atoms with van der Waals surface area (Å²) in [5, 5.41) is 14.2. The van der Waals surface area contributed by atoms with E-state index in [2.05, 4.69) is 21.0 Å². The molecule has 0 aliphatic rings. The number of aromatic nitrogens is 2. The van der Waals surface area contributed by atoms with Crippen LogP contribution in [-0.2, 0) is 13.0 Å². The monoisotopic (exact) mass is 312 g/mol. The molecular weight excluding hydrogens is 299 g/mol. The summed E-state index contributed by atoms with van der Waals surface area (Å²) in [6.45, 7) is 2.72. The molecule has 0 radical (unpaired) electrons. The van der Waals surface area contributed by atoms with Crippen LogP contribution in [0.5, 0.6) is 0 Å². The van der Waals surface area contributed by atoms with Gasteiger partial charge in [-0.3, -0.25) is 4.68 Å². The topological polar surface area (TPSA) is 38.0 Å². The maximum absolute atomic E-state index is 13.6. The number of benzene rings is 1. The number of rotatable bonds is 4. The first-order valence-corrected chi connectivity index (χ1v) is 6.53. The van der Waals surface area contributed by atoms with Crippen molar-refractivity contribution in [3.8, 4) is 0 Å². The Morgan fingerprint density at radius 2 is 2.28 bits per heavy atom. The summed E-state index contributed by atoms with van der Waals surface area (Å²) in [5.41, 5.74) is 1.19. The summed E-state index contributed by atoms with van der Waals surface area (Å²) in [6, 6.07) is 4.71. The zero-order valence-corrected chi connectivity index (χ0v) is 11.6. The van der Waals surface area contributed by atoms with E-state index in [4.69, 9.17) is 0 Å². The van der Waals surface area contributed by atoms with Gasteiger partial charge < -0.3 is 5.11 Å². The van der Waals surface area contributed by atoms with Crippen molar-refractivity contribution in [1.29, 1.82) is 0 Å². The molecule has 0 aliphatic heterocycles. The molecule has 1 N–H and O–H groups in total. The van der Waals surface area contributed by atoms with Crippen LogP contribution in [0.4, 0.5) is 4.39 Å². The largest absolute Gasteiger partial charge is 0.388 e. The van der Waals surface area contributed by atoms with E-state index in [1.54, 1.807) is 29.2 Å². The van der Waals surface area contributed by atoms with Crippen LogP contribution in [0, 0.1) is 5.82 Å². The molecule has 96 valence electrons. The summed E-state index contributed by atoms with van der Waals surface area (Å²) < 4.78 is 16.1. The summed E-state index contributed by atoms with van der Waals surface area (Å²) in [6.07, 6.45) is 2.89. The van der Waals surface area contributed by atoms with Gasteiger partial charge in [-0.1, -0.05) is 15.9 Å². The third-order valence-corrected chi connectivity index (χ3v) is 3.28. The molecule has 0 saturated heterocycles. The molecule has 0 amide bonds. The highest BCUT2D eigenvalue weighted by Gasteiger charge is 2.13. The van der Waals surface area contributed by atoms with Gasteiger partial charge in [0.05, 0.1) is 12.3 Å². The fourth-order valence-corrected chi connectivity index (χ4v) is 2.16. The summed E-state index contributed by atoms with van der Waals surface area (Å²) in [7, 11) is 0. The number of hydrogen-bond acceptors (Lipinski definition) is 2. The SMILES string of the molecule is CCn1cc(C(O)Cc2cc(Br)ccc2F)cn1. The van der Waals surface area contributed by atoms with Crippen molar-refractivity contribution in [3.63, 3.8) is 0 Å². The Labute approximate surface area is 113 Å². The van der Waals surface area contributed by atoms with E-state index in [0.29, 0.717) is 11.1 Å². The minimum Gasteiger partial charge on any atom is -0.388 e. The third-order valence-electron chi connectivity index (χ3n) is 2.78. The Bertz CT molecular complexity index is 542. The lowest BCUT2D eigenvalue weighted by Gasteiger charge is -2.09. The zero-order chi connectivity index (χ0) is 13.1. The van der Waals surface area contributed by atoms with Gasteiger partial charge in [0.1, 0.15) is 5.82 Å². The predicted molar refractivity (Wildman–Crippen MR) is 70.7 cm³/mol. The number of aliphatic hydroxyl groups excluding tert-OH is 1. The smallest absolute Gasteiger partial charge is 0.126 e. The van der Waals surface area contributed by atoms with Crippen LogP contribution in [0.2, 0.25) is 0 Å². The fourth-order valence-electron chi connectivity index (χ4n) is 1.75. The van der Waals surface area contributed by atoms with E-state index >= 15 is 0 Å². The molecule has 2 aromatic rings. The Hall–Kier alpha value is -1.20. The lowest BCUT2D eigenvalue weighted by atomic mass is 10.0. The highest BCUT2D eigenvalue weighted by Crippen LogP contribution is 2.22. The Kier molecular flexibility index (Phi) is 4.14. The maximum atomic E-state index is 13.6. The second-order valence-corrected chi connectivity index (χ2v) is 5.00. The molecule has 0 spiro atoms. The molecule has 18 heavy (non-hydrogen) atoms. The van der Waals surface area contributed by atoms with Crippen LogP contribution < -0.4 is 0 Å². The van der Waals surface area contributed by atoms with Crippen molar-refractivity contribution in [2.75, 3.05) is 0 Å². The number of aliphatic hydroxyl groups is 1. The van der Waals surface area contributed by atoms with Crippen molar-refractivity contribution in [3.05, 3.63) is 52.0 Å². The maximum Gasteiger partial charge on any atom is 0.126 e. The zero-order valence-electron chi connectivity index (χ0n) is 9.98. The minimum absolute atomic E-state index is 0.237. The number of hydrogen-bond donors (Lipinski definition) is 1. The minimum atomic E-state index is -0.742. The molecule has 0 bridgehead atoms. The molecule has 0 fully saturated rings. The molecular formula is C13H14BrFN2O. The van der Waals surface area contributed by atoms with Crippen LogP contribution in [0.3, 0.4) is 0 Å². The highest BCUT2D eigenvalue weighted by atomic mass is 79.9. The van der Waals surface area contributed by atoms with Gasteiger partial charge >= 0.3 is 0 Å². The summed E-state index contributed by atoms with van der Waals surface area (Å²) in [5.74, 6) is -0.305. The van der Waals surface area contributed by atoms with E-state index in [0.717, 1.165) is 11.0 Å². The number of aryl methyl sites for hydroxylation is 1. The first kappa shape index (κ1) is 13.2. The van der Waals surface area contributed by atoms with Crippen molar-refractivity contribution in [1.82, 2.24) is 9.78 Å². The lowest BCUT2D eigenvalue weighted by molar-refractivity contribution is 0.177. The Morgan fingerprint density at radius 3 is 2.94 bits per heavy atom. The van der Waals surface area contributed by atoms with Crippen LogP contribution in [0.25, 0.3) is 0 Å². The average Bonchev–Trinajstić information content (AvgIpc) is 2.82. The molecule has 0 saturated carbocycles. The molecule has 1 atom stereocenters. The number of nitrogens with zero attached hydrogens (tertiary/aromatic N) is 2. The van der Waals surface area contributed by atoms with Crippen LogP contribution >= 0.6 is 15.9 Å². The van der Waals surface area contributed by atoms with Gasteiger partial charge in [0, 0.05) is 29.2 Å². The van der Waals surface area contributed by atoms with Crippen molar-refractivity contribution < 1.29 is 9.50 Å². The molecule has 1 heterocycles. The molecule has 5 heteroatoms. The van der Waals surface area contributed by atoms with E-state index in [-0.39, 0.29) is 12.2 Å². The third kappa shape index (κ3) is 2.97. The summed E-state index contributed by atoms with van der Waals surface area (Å²) >= 11 is 3.29. The van der Waals surface area contributed by atoms with Crippen LogP contribution in [0.15, 0.2) is 35.1 Å². The molecule has 3 nitrogen and oxygen atoms in total. The Morgan fingerprint density at radius 1 is 1.50 bits per heavy atom. The van der Waals surface area contributed by atoms with Gasteiger partial charge in [0.25, 0.3) is 0 Å². The van der Waals surface area contributed by atoms with Gasteiger partial charge in [0.2, 0.25) is 0 Å². The van der Waals surface area contributed by atoms with Gasteiger partial charge in [-0.25, -0.2) is 4.39 Å². The van der Waals surface area contributed by atoms with E-state index in [1.807, 2.05) is 6.92 Å². The second-order valence-electron chi connectivity index (χ2n) is 4.09. The molecule has 2 rings (SSSR count). The summed E-state index contributed by atoms with van der Waals surface area (Å²) in [4.78, 5) is 0. The predicted octanol–water partition coefficient (Wildman–Crippen LogP) is 3.08. The first-order chi connectivity index (χ1) is 8.60. The van der Waals surface area contributed by atoms with Crippen LogP contribution in [-0.4, -0.2) is 14.9 Å². The van der Waals surface area contributed by atoms with Crippen molar-refractivity contribution in [2.24, 2.45) is 0 Å². The fraction of sp³-hybridized carbons (Fsp3) is 0.308. The Balaban J connectivity index is 2.15. The highest BCUT2D eigenvalue weighted by molar-refractivity contribution is 9.10. The van der Waals surface area contributed by atoms with Crippen molar-refractivity contribution >= 4 is 15.9 Å². The van der Waals surface area contributed by atoms with Crippen molar-refractivity contribution in [2.45, 2.75) is 26.0 Å². The first-order valence-electron chi connectivity index (χ1n) is 5.74.